The first kappa shape index (κ1) is 41.7. The quantitative estimate of drug-likeness (QED) is 0.180. The molecule has 6 aromatic rings. The van der Waals surface area contributed by atoms with E-state index in [0.29, 0.717) is 69.8 Å². The zero-order chi connectivity index (χ0) is 42.5. The number of terminal acetylenes is 1. The second kappa shape index (κ2) is 17.3. The second-order valence-electron chi connectivity index (χ2n) is 13.3. The molecule has 0 saturated heterocycles. The highest BCUT2D eigenvalue weighted by Crippen LogP contribution is 2.36. The largest absolute Gasteiger partial charge is 0.491 e. The van der Waals surface area contributed by atoms with Crippen LogP contribution in [0.3, 0.4) is 0 Å². The lowest BCUT2D eigenvalue weighted by atomic mass is 10.0. The van der Waals surface area contributed by atoms with Gasteiger partial charge in [-0.1, -0.05) is 29.9 Å². The van der Waals surface area contributed by atoms with E-state index in [1.807, 2.05) is 0 Å². The van der Waals surface area contributed by atoms with Gasteiger partial charge in [0.1, 0.15) is 59.4 Å². The van der Waals surface area contributed by atoms with Crippen LogP contribution in [0.4, 0.5) is 8.78 Å². The molecule has 8 rings (SSSR count). The summed E-state index contributed by atoms with van der Waals surface area (Å²) in [7, 11) is 0. The van der Waals surface area contributed by atoms with Gasteiger partial charge < -0.3 is 40.3 Å². The molecule has 300 valence electrons. The summed E-state index contributed by atoms with van der Waals surface area (Å²) in [6.45, 7) is 4.63. The van der Waals surface area contributed by atoms with E-state index in [-0.39, 0.29) is 23.6 Å². The molecule has 6 N–H and O–H groups in total. The third-order valence-electron chi connectivity index (χ3n) is 8.86. The molecule has 0 aliphatic carbocycles. The first-order valence-electron chi connectivity index (χ1n) is 17.7. The molecule has 4 aromatic heterocycles. The van der Waals surface area contributed by atoms with Crippen LogP contribution in [-0.4, -0.2) is 64.3 Å². The number of imidazole rings is 2. The number of fused-ring (bicyclic) bond motifs is 6. The van der Waals surface area contributed by atoms with Gasteiger partial charge in [0.2, 0.25) is 0 Å². The number of benzene rings is 2. The van der Waals surface area contributed by atoms with Gasteiger partial charge in [-0.05, 0) is 66.2 Å². The van der Waals surface area contributed by atoms with E-state index in [4.69, 9.17) is 27.4 Å². The van der Waals surface area contributed by atoms with E-state index < -0.39 is 34.7 Å². The van der Waals surface area contributed by atoms with Crippen LogP contribution in [0, 0.1) is 35.8 Å². The third-order valence-corrected chi connectivity index (χ3v) is 9.47. The number of hydrogen-bond donors (Lipinski definition) is 4. The molecule has 2 aromatic carbocycles. The Kier molecular flexibility index (Phi) is 12.2. The molecule has 2 atom stereocenters. The number of amides is 2. The third kappa shape index (κ3) is 9.45. The van der Waals surface area contributed by atoms with Crippen LogP contribution in [0.25, 0.3) is 22.8 Å². The molecule has 2 amide bonds. The molecule has 2 unspecified atom stereocenters. The highest BCUT2D eigenvalue weighted by Gasteiger charge is 2.25. The van der Waals surface area contributed by atoms with Crippen LogP contribution in [0.1, 0.15) is 51.8 Å². The molecule has 0 radical (unpaired) electrons. The van der Waals surface area contributed by atoms with Crippen molar-refractivity contribution in [2.45, 2.75) is 38.1 Å². The first-order valence-corrected chi connectivity index (χ1v) is 18.5. The van der Waals surface area contributed by atoms with Gasteiger partial charge in [0.25, 0.3) is 11.8 Å². The van der Waals surface area contributed by atoms with E-state index in [2.05, 4.69) is 53.6 Å². The van der Waals surface area contributed by atoms with Crippen molar-refractivity contribution in [2.24, 2.45) is 11.5 Å². The Labute approximate surface area is 345 Å². The number of ether oxygens (including phenoxy) is 2. The smallest absolute Gasteiger partial charge is 0.268 e. The number of nitrogens with zero attached hydrogens (tertiary/aromatic N) is 6. The molecule has 6 heterocycles. The number of rotatable bonds is 4. The fraction of sp³-hybridized carbons (Fsp3) is 0.190. The lowest BCUT2D eigenvalue weighted by Crippen LogP contribution is -2.20. The van der Waals surface area contributed by atoms with Gasteiger partial charge in [-0.25, -0.2) is 18.7 Å². The Bertz CT molecular complexity index is 2650. The number of aliphatic hydroxyl groups is 2. The Morgan fingerprint density at radius 3 is 1.76 bits per heavy atom. The maximum Gasteiger partial charge on any atom is 0.268 e. The molecule has 2 aliphatic heterocycles. The van der Waals surface area contributed by atoms with Crippen molar-refractivity contribution in [3.05, 3.63) is 130 Å². The molecular formula is C42H35BrF2N8O6. The van der Waals surface area contributed by atoms with Crippen molar-refractivity contribution in [1.82, 2.24) is 29.1 Å². The number of halogens is 3. The van der Waals surface area contributed by atoms with Crippen molar-refractivity contribution >= 4 is 27.7 Å². The molecule has 17 heteroatoms. The van der Waals surface area contributed by atoms with Crippen LogP contribution in [-0.2, 0) is 24.3 Å². The maximum absolute atomic E-state index is 14.6. The first-order chi connectivity index (χ1) is 28.1. The Morgan fingerprint density at radius 2 is 1.29 bits per heavy atom. The Balaban J connectivity index is 0.000000166. The van der Waals surface area contributed by atoms with Gasteiger partial charge >= 0.3 is 0 Å². The van der Waals surface area contributed by atoms with E-state index in [0.717, 1.165) is 0 Å². The summed E-state index contributed by atoms with van der Waals surface area (Å²) in [5.41, 5.74) is 10.1. The van der Waals surface area contributed by atoms with Crippen LogP contribution >= 0.6 is 15.9 Å². The molecule has 2 aliphatic rings. The molecule has 0 fully saturated rings. The molecule has 59 heavy (non-hydrogen) atoms. The minimum absolute atomic E-state index is 0.0561. The van der Waals surface area contributed by atoms with E-state index >= 15 is 0 Å². The predicted molar refractivity (Wildman–Crippen MR) is 214 cm³/mol. The van der Waals surface area contributed by atoms with Crippen LogP contribution in [0.2, 0.25) is 0 Å². The van der Waals surface area contributed by atoms with E-state index in [1.54, 1.807) is 70.2 Å². The summed E-state index contributed by atoms with van der Waals surface area (Å²) in [5.74, 6) is 7.03. The Morgan fingerprint density at radius 1 is 0.797 bits per heavy atom. The van der Waals surface area contributed by atoms with Crippen molar-refractivity contribution in [1.29, 1.82) is 0 Å². The monoisotopic (exact) mass is 864 g/mol. The van der Waals surface area contributed by atoms with Crippen molar-refractivity contribution in [2.75, 3.05) is 13.2 Å². The average molecular weight is 866 g/mol. The topological polar surface area (TPSA) is 207 Å². The summed E-state index contributed by atoms with van der Waals surface area (Å²) < 4.78 is 43.1. The summed E-state index contributed by atoms with van der Waals surface area (Å²) in [5, 5.41) is 20.1. The average Bonchev–Trinajstić information content (AvgIpc) is 3.77. The summed E-state index contributed by atoms with van der Waals surface area (Å²) in [4.78, 5) is 39.1. The number of hydrogen-bond acceptors (Lipinski definition) is 10. The highest BCUT2D eigenvalue weighted by molar-refractivity contribution is 9.10. The van der Waals surface area contributed by atoms with Gasteiger partial charge in [0, 0.05) is 36.9 Å². The summed E-state index contributed by atoms with van der Waals surface area (Å²) >= 11 is 3.13. The van der Waals surface area contributed by atoms with E-state index in [1.165, 1.54) is 38.2 Å². The number of aromatic nitrogens is 6. The molecule has 14 nitrogen and oxygen atoms in total. The predicted octanol–water partition coefficient (Wildman–Crippen LogP) is 4.70. The highest BCUT2D eigenvalue weighted by atomic mass is 79.9. The molecule has 0 saturated carbocycles. The SMILES string of the molecule is C#CC(C)(O)c1ccccn1.CC(O)(C#Cc1cc2c(cc1F)OCCn1cc(C(N)=O)nc1-2)c1ccccn1.NC(=O)c1cn2c(n1)-c1cc(Br)c(F)cc1OCC2. The van der Waals surface area contributed by atoms with Crippen molar-refractivity contribution in [3.8, 4) is 58.5 Å². The standard InChI is InChI=1S/C21H17FN4O3.C12H9BrFN3O2.C9H9NO/c1-21(28,18-4-2-3-7-24-18)6-5-13-10-14-17(11-15(13)22)29-9-8-26-12-16(19(23)27)25-20(14)26;13-7-3-6-10(4-8(7)14)19-2-1-17-5-9(11(15)18)16-12(6)17;1-3-9(2,11)8-6-4-5-7-10-8/h2-4,7,10-12,28H,8-9H2,1H3,(H2,23,27);3-5H,1-2H2,(H2,15,18);1,4-7,11H,2H3. The maximum atomic E-state index is 14.6. The number of primary amides is 2. The molecule has 0 bridgehead atoms. The van der Waals surface area contributed by atoms with Crippen molar-refractivity contribution in [3.63, 3.8) is 0 Å². The minimum Gasteiger partial charge on any atom is -0.491 e. The van der Waals surface area contributed by atoms with Gasteiger partial charge in [0.15, 0.2) is 11.2 Å². The summed E-state index contributed by atoms with van der Waals surface area (Å²) in [6, 6.07) is 15.9. The second-order valence-corrected chi connectivity index (χ2v) is 14.1. The zero-order valence-electron chi connectivity index (χ0n) is 31.5. The van der Waals surface area contributed by atoms with Gasteiger partial charge in [-0.15, -0.1) is 6.42 Å². The lowest BCUT2D eigenvalue weighted by molar-refractivity contribution is 0.0987. The molecule has 0 spiro atoms. The van der Waals surface area contributed by atoms with Crippen molar-refractivity contribution < 1.29 is 38.1 Å². The van der Waals surface area contributed by atoms with Gasteiger partial charge in [0.05, 0.1) is 45.6 Å². The fourth-order valence-electron chi connectivity index (χ4n) is 5.74. The van der Waals surface area contributed by atoms with Crippen LogP contribution in [0.15, 0.2) is 89.9 Å². The normalized spacial score (nSPS) is 14.1. The number of carbonyl (C=O) groups is 2. The van der Waals surface area contributed by atoms with Gasteiger partial charge in [-0.3, -0.25) is 19.6 Å². The summed E-state index contributed by atoms with van der Waals surface area (Å²) in [6.07, 6.45) is 11.4. The fourth-order valence-corrected chi connectivity index (χ4v) is 6.09. The van der Waals surface area contributed by atoms with Crippen LogP contribution in [0.5, 0.6) is 11.5 Å². The number of carbonyl (C=O) groups excluding carboxylic acids is 2. The minimum atomic E-state index is -1.56. The van der Waals surface area contributed by atoms with E-state index in [9.17, 15) is 28.6 Å². The number of nitrogens with two attached hydrogens (primary N) is 2. The zero-order valence-corrected chi connectivity index (χ0v) is 33.1. The van der Waals surface area contributed by atoms with Crippen LogP contribution < -0.4 is 20.9 Å². The number of pyridine rings is 2. The van der Waals surface area contributed by atoms with Gasteiger partial charge in [-0.2, -0.15) is 0 Å². The lowest BCUT2D eigenvalue weighted by Gasteiger charge is -2.15. The molecular weight excluding hydrogens is 830 g/mol. The Hall–Kier alpha value is -6.92.